The minimum atomic E-state index is -0.887. The van der Waals surface area contributed by atoms with E-state index in [0.717, 1.165) is 32.1 Å². The monoisotopic (exact) mass is 476 g/mol. The third-order valence-electron chi connectivity index (χ3n) is 7.76. The second kappa shape index (κ2) is 10.1. The van der Waals surface area contributed by atoms with E-state index in [4.69, 9.17) is 9.84 Å². The molecule has 3 aliphatic carbocycles. The van der Waals surface area contributed by atoms with Gasteiger partial charge in [-0.05, 0) is 59.8 Å². The number of carboxylic acid groups (broad SMARTS) is 1. The van der Waals surface area contributed by atoms with Gasteiger partial charge in [-0.2, -0.15) is 0 Å². The summed E-state index contributed by atoms with van der Waals surface area (Å²) in [5, 5.41) is 15.0. The summed E-state index contributed by atoms with van der Waals surface area (Å²) in [6.45, 7) is 0.633. The highest BCUT2D eigenvalue weighted by atomic mass is 16.5. The van der Waals surface area contributed by atoms with Crippen LogP contribution in [0, 0.1) is 17.8 Å². The molecule has 0 saturated heterocycles. The lowest BCUT2D eigenvalue weighted by Crippen LogP contribution is -2.44. The third-order valence-corrected chi connectivity index (χ3v) is 7.76. The maximum absolute atomic E-state index is 12.9. The van der Waals surface area contributed by atoms with E-state index in [-0.39, 0.29) is 48.6 Å². The molecule has 184 valence electrons. The fourth-order valence-electron chi connectivity index (χ4n) is 5.80. The Morgan fingerprint density at radius 3 is 2.23 bits per heavy atom. The predicted molar refractivity (Wildman–Crippen MR) is 131 cm³/mol. The number of rotatable bonds is 9. The van der Waals surface area contributed by atoms with Crippen molar-refractivity contribution in [3.8, 4) is 11.1 Å². The zero-order valence-electron chi connectivity index (χ0n) is 19.7. The fraction of sp³-hybridized carbons (Fsp3) is 0.464. The number of amides is 2. The molecule has 0 aliphatic heterocycles. The second-order valence-electron chi connectivity index (χ2n) is 10.1. The Morgan fingerprint density at radius 2 is 1.60 bits per heavy atom. The van der Waals surface area contributed by atoms with E-state index >= 15 is 0 Å². The average Bonchev–Trinajstić information content (AvgIpc) is 3.51. The van der Waals surface area contributed by atoms with Crippen LogP contribution in [0.1, 0.15) is 55.6 Å². The average molecular weight is 477 g/mol. The molecule has 3 N–H and O–H groups in total. The summed E-state index contributed by atoms with van der Waals surface area (Å²) in [6, 6.07) is 16.1. The molecule has 1 unspecified atom stereocenters. The van der Waals surface area contributed by atoms with Crippen LogP contribution in [0.4, 0.5) is 4.79 Å². The number of alkyl carbamates (subject to hydrolysis) is 1. The van der Waals surface area contributed by atoms with Gasteiger partial charge in [0.1, 0.15) is 6.61 Å². The number of carbonyl (C=O) groups is 3. The lowest BCUT2D eigenvalue weighted by molar-refractivity contribution is -0.138. The molecular weight excluding hydrogens is 444 g/mol. The number of ether oxygens (including phenoxy) is 1. The van der Waals surface area contributed by atoms with Crippen LogP contribution in [0.2, 0.25) is 0 Å². The highest BCUT2D eigenvalue weighted by Gasteiger charge is 2.38. The first-order valence-corrected chi connectivity index (χ1v) is 12.6. The summed E-state index contributed by atoms with van der Waals surface area (Å²) in [5.41, 5.74) is 4.70. The number of fused-ring (bicyclic) bond motifs is 3. The maximum Gasteiger partial charge on any atom is 0.407 e. The van der Waals surface area contributed by atoms with Crippen LogP contribution in [0.25, 0.3) is 11.1 Å². The van der Waals surface area contributed by atoms with E-state index in [0.29, 0.717) is 6.54 Å². The van der Waals surface area contributed by atoms with Gasteiger partial charge in [-0.25, -0.2) is 4.79 Å². The zero-order chi connectivity index (χ0) is 24.4. The van der Waals surface area contributed by atoms with Gasteiger partial charge in [0.25, 0.3) is 0 Å². The second-order valence-corrected chi connectivity index (χ2v) is 10.1. The number of hydrogen-bond acceptors (Lipinski definition) is 4. The molecule has 0 radical (unpaired) electrons. The molecular formula is C28H32N2O5. The molecule has 5 rings (SSSR count). The summed E-state index contributed by atoms with van der Waals surface area (Å²) in [5.74, 6) is -0.873. The van der Waals surface area contributed by atoms with Gasteiger partial charge in [-0.1, -0.05) is 55.0 Å². The number of benzene rings is 2. The van der Waals surface area contributed by atoms with Crippen LogP contribution in [0.15, 0.2) is 48.5 Å². The fourth-order valence-corrected chi connectivity index (χ4v) is 5.80. The molecule has 2 fully saturated rings. The Labute approximate surface area is 205 Å². The number of carbonyl (C=O) groups excluding carboxylic acids is 2. The summed E-state index contributed by atoms with van der Waals surface area (Å²) >= 11 is 0. The Balaban J connectivity index is 1.13. The van der Waals surface area contributed by atoms with Crippen molar-refractivity contribution >= 4 is 18.0 Å². The number of hydrogen-bond donors (Lipinski definition) is 3. The molecule has 3 aliphatic rings. The first-order valence-electron chi connectivity index (χ1n) is 12.6. The number of aliphatic carboxylic acids is 1. The molecule has 0 aromatic heterocycles. The zero-order valence-corrected chi connectivity index (χ0v) is 19.7. The number of carboxylic acids is 1. The van der Waals surface area contributed by atoms with Crippen molar-refractivity contribution in [2.45, 2.75) is 50.5 Å². The minimum absolute atomic E-state index is 0.00625. The first kappa shape index (κ1) is 23.4. The van der Waals surface area contributed by atoms with Gasteiger partial charge in [0.05, 0.1) is 6.42 Å². The van der Waals surface area contributed by atoms with Crippen LogP contribution in [0.3, 0.4) is 0 Å². The van der Waals surface area contributed by atoms with Gasteiger partial charge in [-0.3, -0.25) is 9.59 Å². The molecule has 35 heavy (non-hydrogen) atoms. The van der Waals surface area contributed by atoms with Crippen LogP contribution in [-0.4, -0.2) is 42.3 Å². The molecule has 2 saturated carbocycles. The number of nitrogens with one attached hydrogen (secondary N) is 2. The normalized spacial score (nSPS) is 21.6. The minimum Gasteiger partial charge on any atom is -0.481 e. The van der Waals surface area contributed by atoms with Crippen molar-refractivity contribution in [2.24, 2.45) is 17.8 Å². The van der Waals surface area contributed by atoms with Gasteiger partial charge in [0.15, 0.2) is 0 Å². The standard InChI is InChI=1S/C28H32N2O5/c31-26(32)14-25(17-12-13-17)30-27(33)19-11-5-6-18(19)15-29-28(34)35-16-24-22-9-3-1-7-20(22)21-8-2-4-10-23(21)24/h1-4,7-10,17-19,24-25H,5-6,11-16H2,(H,29,34)(H,30,33)(H,31,32)/t18-,19-,25?/m1/s1. The van der Waals surface area contributed by atoms with Crippen molar-refractivity contribution in [3.05, 3.63) is 59.7 Å². The Kier molecular flexibility index (Phi) is 6.75. The highest BCUT2D eigenvalue weighted by molar-refractivity contribution is 5.81. The molecule has 0 heterocycles. The van der Waals surface area contributed by atoms with Crippen molar-refractivity contribution in [3.63, 3.8) is 0 Å². The molecule has 7 nitrogen and oxygen atoms in total. The van der Waals surface area contributed by atoms with Crippen molar-refractivity contribution < 1.29 is 24.2 Å². The van der Waals surface area contributed by atoms with E-state index in [1.807, 2.05) is 24.3 Å². The third kappa shape index (κ3) is 5.19. The molecule has 2 aromatic carbocycles. The summed E-state index contributed by atoms with van der Waals surface area (Å²) in [4.78, 5) is 36.6. The topological polar surface area (TPSA) is 105 Å². The molecule has 7 heteroatoms. The van der Waals surface area contributed by atoms with Crippen molar-refractivity contribution in [1.29, 1.82) is 0 Å². The van der Waals surface area contributed by atoms with Gasteiger partial charge in [0, 0.05) is 24.4 Å². The Morgan fingerprint density at radius 1 is 0.943 bits per heavy atom. The van der Waals surface area contributed by atoms with Gasteiger partial charge in [-0.15, -0.1) is 0 Å². The van der Waals surface area contributed by atoms with Gasteiger partial charge in [0.2, 0.25) is 5.91 Å². The largest absolute Gasteiger partial charge is 0.481 e. The van der Waals surface area contributed by atoms with E-state index in [9.17, 15) is 14.4 Å². The van der Waals surface area contributed by atoms with E-state index in [1.165, 1.54) is 22.3 Å². The van der Waals surface area contributed by atoms with Crippen LogP contribution >= 0.6 is 0 Å². The Bertz CT molecular complexity index is 1070. The lowest BCUT2D eigenvalue weighted by atomic mass is 9.94. The van der Waals surface area contributed by atoms with Gasteiger partial charge < -0.3 is 20.5 Å². The maximum atomic E-state index is 12.9. The van der Waals surface area contributed by atoms with Crippen LogP contribution in [-0.2, 0) is 14.3 Å². The molecule has 0 spiro atoms. The molecule has 2 aromatic rings. The van der Waals surface area contributed by atoms with Crippen LogP contribution < -0.4 is 10.6 Å². The van der Waals surface area contributed by atoms with E-state index in [1.54, 1.807) is 0 Å². The highest BCUT2D eigenvalue weighted by Crippen LogP contribution is 2.44. The summed E-state index contributed by atoms with van der Waals surface area (Å²) < 4.78 is 5.63. The first-order chi connectivity index (χ1) is 17.0. The van der Waals surface area contributed by atoms with Crippen molar-refractivity contribution in [1.82, 2.24) is 10.6 Å². The molecule has 2 amide bonds. The van der Waals surface area contributed by atoms with Gasteiger partial charge >= 0.3 is 12.1 Å². The lowest BCUT2D eigenvalue weighted by Gasteiger charge is -2.23. The SMILES string of the molecule is O=C(O)CC(NC(=O)[C@@H]1CCC[C@@H]1CNC(=O)OCC1c2ccccc2-c2ccccc21)C1CC1. The Hall–Kier alpha value is -3.35. The summed E-state index contributed by atoms with van der Waals surface area (Å²) in [7, 11) is 0. The molecule has 3 atom stereocenters. The smallest absolute Gasteiger partial charge is 0.407 e. The predicted octanol–water partition coefficient (Wildman–Crippen LogP) is 4.31. The quantitative estimate of drug-likeness (QED) is 0.500. The van der Waals surface area contributed by atoms with E-state index in [2.05, 4.69) is 34.9 Å². The van der Waals surface area contributed by atoms with Crippen molar-refractivity contribution in [2.75, 3.05) is 13.2 Å². The van der Waals surface area contributed by atoms with E-state index < -0.39 is 12.1 Å². The summed E-state index contributed by atoms with van der Waals surface area (Å²) in [6.07, 6.45) is 3.96. The van der Waals surface area contributed by atoms with Crippen LogP contribution in [0.5, 0.6) is 0 Å². The molecule has 0 bridgehead atoms.